The zero-order valence-corrected chi connectivity index (χ0v) is 11.3. The van der Waals surface area contributed by atoms with E-state index in [1.54, 1.807) is 23.5 Å². The highest BCUT2D eigenvalue weighted by molar-refractivity contribution is 7.19. The number of carbonyl (C=O) groups is 1. The van der Waals surface area contributed by atoms with Crippen molar-refractivity contribution < 1.29 is 4.79 Å². The zero-order valence-electron chi connectivity index (χ0n) is 10.5. The van der Waals surface area contributed by atoms with Crippen LogP contribution in [0.2, 0.25) is 0 Å². The second-order valence-electron chi connectivity index (χ2n) is 4.49. The van der Waals surface area contributed by atoms with Crippen molar-refractivity contribution in [2.75, 3.05) is 6.54 Å². The molecule has 0 spiro atoms. The molecule has 4 heteroatoms. The van der Waals surface area contributed by atoms with Gasteiger partial charge >= 0.3 is 0 Å². The largest absolute Gasteiger partial charge is 0.352 e. The van der Waals surface area contributed by atoms with Gasteiger partial charge in [0.2, 0.25) is 5.91 Å². The summed E-state index contributed by atoms with van der Waals surface area (Å²) in [5.74, 6) is 0.396. The third-order valence-corrected chi connectivity index (χ3v) is 3.37. The standard InChI is InChI=1S/C14H16N2OS/c1-10(2)9-15-13(17)7-8-14-16-11-5-3-4-6-12(11)18-14/h3-8,10H,9H2,1-2H3,(H,15,17)/b8-7+. The van der Waals surface area contributed by atoms with E-state index in [9.17, 15) is 4.79 Å². The first kappa shape index (κ1) is 12.8. The van der Waals surface area contributed by atoms with E-state index in [0.717, 1.165) is 15.2 Å². The van der Waals surface area contributed by atoms with Gasteiger partial charge in [0, 0.05) is 12.6 Å². The van der Waals surface area contributed by atoms with Gasteiger partial charge in [0.15, 0.2) is 0 Å². The fourth-order valence-corrected chi connectivity index (χ4v) is 2.34. The predicted molar refractivity (Wildman–Crippen MR) is 76.5 cm³/mol. The van der Waals surface area contributed by atoms with Gasteiger partial charge in [0.05, 0.1) is 10.2 Å². The molecule has 94 valence electrons. The van der Waals surface area contributed by atoms with Crippen LogP contribution in [0.4, 0.5) is 0 Å². The molecule has 1 amide bonds. The van der Waals surface area contributed by atoms with Gasteiger partial charge in [0.25, 0.3) is 0 Å². The molecule has 0 fully saturated rings. The Hall–Kier alpha value is -1.68. The van der Waals surface area contributed by atoms with E-state index < -0.39 is 0 Å². The van der Waals surface area contributed by atoms with Gasteiger partial charge in [0.1, 0.15) is 5.01 Å². The highest BCUT2D eigenvalue weighted by Gasteiger charge is 2.01. The van der Waals surface area contributed by atoms with Crippen LogP contribution in [0.3, 0.4) is 0 Å². The maximum Gasteiger partial charge on any atom is 0.244 e. The first-order valence-electron chi connectivity index (χ1n) is 5.96. The second-order valence-corrected chi connectivity index (χ2v) is 5.55. The van der Waals surface area contributed by atoms with Crippen LogP contribution in [-0.2, 0) is 4.79 Å². The predicted octanol–water partition coefficient (Wildman–Crippen LogP) is 3.08. The van der Waals surface area contributed by atoms with Crippen LogP contribution in [0.15, 0.2) is 30.3 Å². The summed E-state index contributed by atoms with van der Waals surface area (Å²) in [5.41, 5.74) is 0.977. The molecule has 0 aliphatic rings. The minimum atomic E-state index is -0.0667. The van der Waals surface area contributed by atoms with Crippen molar-refractivity contribution in [2.45, 2.75) is 13.8 Å². The number of carbonyl (C=O) groups excluding carboxylic acids is 1. The highest BCUT2D eigenvalue weighted by Crippen LogP contribution is 2.22. The van der Waals surface area contributed by atoms with E-state index in [4.69, 9.17) is 0 Å². The van der Waals surface area contributed by atoms with E-state index in [1.807, 2.05) is 24.3 Å². The summed E-state index contributed by atoms with van der Waals surface area (Å²) in [4.78, 5) is 15.9. The van der Waals surface area contributed by atoms with Crippen LogP contribution in [0, 0.1) is 5.92 Å². The molecule has 0 radical (unpaired) electrons. The summed E-state index contributed by atoms with van der Waals surface area (Å²) in [7, 11) is 0. The molecule has 2 rings (SSSR count). The summed E-state index contributed by atoms with van der Waals surface area (Å²) in [6.07, 6.45) is 3.31. The van der Waals surface area contributed by atoms with Crippen LogP contribution in [0.5, 0.6) is 0 Å². The van der Waals surface area contributed by atoms with Crippen molar-refractivity contribution >= 4 is 33.5 Å². The van der Waals surface area contributed by atoms with Crippen LogP contribution >= 0.6 is 11.3 Å². The lowest BCUT2D eigenvalue weighted by Gasteiger charge is -2.03. The molecule has 18 heavy (non-hydrogen) atoms. The average molecular weight is 260 g/mol. The summed E-state index contributed by atoms with van der Waals surface area (Å²) < 4.78 is 1.14. The van der Waals surface area contributed by atoms with E-state index in [2.05, 4.69) is 24.1 Å². The van der Waals surface area contributed by atoms with E-state index in [-0.39, 0.29) is 5.91 Å². The third kappa shape index (κ3) is 3.40. The Balaban J connectivity index is 2.02. The van der Waals surface area contributed by atoms with E-state index in [1.165, 1.54) is 0 Å². The Kier molecular flexibility index (Phi) is 4.10. The number of hydrogen-bond acceptors (Lipinski definition) is 3. The van der Waals surface area contributed by atoms with Crippen molar-refractivity contribution in [1.82, 2.24) is 10.3 Å². The number of nitrogens with one attached hydrogen (secondary N) is 1. The number of benzene rings is 1. The lowest BCUT2D eigenvalue weighted by Crippen LogP contribution is -2.25. The minimum Gasteiger partial charge on any atom is -0.352 e. The smallest absolute Gasteiger partial charge is 0.244 e. The number of para-hydroxylation sites is 1. The van der Waals surface area contributed by atoms with E-state index in [0.29, 0.717) is 12.5 Å². The molecule has 0 bridgehead atoms. The second kappa shape index (κ2) is 5.78. The number of amides is 1. The van der Waals surface area contributed by atoms with Crippen LogP contribution in [0.25, 0.3) is 16.3 Å². The van der Waals surface area contributed by atoms with E-state index >= 15 is 0 Å². The van der Waals surface area contributed by atoms with Crippen molar-refractivity contribution in [1.29, 1.82) is 0 Å². The van der Waals surface area contributed by atoms with Gasteiger partial charge in [-0.3, -0.25) is 4.79 Å². The number of thiazole rings is 1. The first-order chi connectivity index (χ1) is 8.65. The van der Waals surface area contributed by atoms with Crippen LogP contribution in [0.1, 0.15) is 18.9 Å². The number of fused-ring (bicyclic) bond motifs is 1. The summed E-state index contributed by atoms with van der Waals surface area (Å²) in [6, 6.07) is 7.96. The molecule has 0 saturated heterocycles. The van der Waals surface area contributed by atoms with Gasteiger partial charge in [-0.05, 0) is 24.1 Å². The number of rotatable bonds is 4. The molecule has 1 aromatic heterocycles. The Bertz CT molecular complexity index is 539. The third-order valence-electron chi connectivity index (χ3n) is 2.37. The molecule has 0 atom stereocenters. The lowest BCUT2D eigenvalue weighted by atomic mass is 10.2. The maximum absolute atomic E-state index is 11.5. The summed E-state index contributed by atoms with van der Waals surface area (Å²) in [6.45, 7) is 4.83. The normalized spacial score (nSPS) is 11.5. The van der Waals surface area contributed by atoms with Gasteiger partial charge in [-0.15, -0.1) is 11.3 Å². The van der Waals surface area contributed by atoms with Gasteiger partial charge < -0.3 is 5.32 Å². The van der Waals surface area contributed by atoms with Crippen molar-refractivity contribution in [3.63, 3.8) is 0 Å². The van der Waals surface area contributed by atoms with Gasteiger partial charge in [-0.25, -0.2) is 4.98 Å². The van der Waals surface area contributed by atoms with Gasteiger partial charge in [-0.1, -0.05) is 26.0 Å². The molecule has 2 aromatic rings. The van der Waals surface area contributed by atoms with Crippen molar-refractivity contribution in [3.8, 4) is 0 Å². The minimum absolute atomic E-state index is 0.0667. The number of hydrogen-bond donors (Lipinski definition) is 1. The Morgan fingerprint density at radius 1 is 1.44 bits per heavy atom. The van der Waals surface area contributed by atoms with Crippen molar-refractivity contribution in [2.24, 2.45) is 5.92 Å². The maximum atomic E-state index is 11.5. The fourth-order valence-electron chi connectivity index (χ4n) is 1.47. The molecule has 1 aromatic carbocycles. The van der Waals surface area contributed by atoms with Gasteiger partial charge in [-0.2, -0.15) is 0 Å². The molecular formula is C14H16N2OS. The van der Waals surface area contributed by atoms with Crippen molar-refractivity contribution in [3.05, 3.63) is 35.3 Å². The molecule has 1 N–H and O–H groups in total. The Labute approximate surface area is 111 Å². The molecule has 0 unspecified atom stereocenters. The topological polar surface area (TPSA) is 42.0 Å². The lowest BCUT2D eigenvalue weighted by molar-refractivity contribution is -0.116. The summed E-state index contributed by atoms with van der Waals surface area (Å²) in [5, 5.41) is 3.69. The monoisotopic (exact) mass is 260 g/mol. The molecule has 0 aliphatic heterocycles. The Morgan fingerprint density at radius 3 is 2.94 bits per heavy atom. The fraction of sp³-hybridized carbons (Fsp3) is 0.286. The molecule has 0 aliphatic carbocycles. The molecular weight excluding hydrogens is 244 g/mol. The van der Waals surface area contributed by atoms with Crippen LogP contribution in [-0.4, -0.2) is 17.4 Å². The highest BCUT2D eigenvalue weighted by atomic mass is 32.1. The molecule has 0 saturated carbocycles. The number of nitrogens with zero attached hydrogens (tertiary/aromatic N) is 1. The van der Waals surface area contributed by atoms with Crippen LogP contribution < -0.4 is 5.32 Å². The first-order valence-corrected chi connectivity index (χ1v) is 6.78. The quantitative estimate of drug-likeness (QED) is 0.858. The molecule has 1 heterocycles. The average Bonchev–Trinajstić information content (AvgIpc) is 2.76. The molecule has 3 nitrogen and oxygen atoms in total. The summed E-state index contributed by atoms with van der Waals surface area (Å²) >= 11 is 1.59. The Morgan fingerprint density at radius 2 is 2.22 bits per heavy atom. The number of aromatic nitrogens is 1. The zero-order chi connectivity index (χ0) is 13.0. The SMILES string of the molecule is CC(C)CNC(=O)/C=C/c1nc2ccccc2s1.